The average molecular weight is 311 g/mol. The summed E-state index contributed by atoms with van der Waals surface area (Å²) in [6.45, 7) is 6.21. The second kappa shape index (κ2) is 4.96. The van der Waals surface area contributed by atoms with Gasteiger partial charge in [0.25, 0.3) is 0 Å². The second-order valence-corrected chi connectivity index (χ2v) is 7.02. The molecule has 0 saturated heterocycles. The molecule has 3 nitrogen and oxygen atoms in total. The minimum atomic E-state index is -0.301. The van der Waals surface area contributed by atoms with Crippen molar-refractivity contribution in [3.05, 3.63) is 29.8 Å². The Morgan fingerprint density at radius 3 is 2.76 bits per heavy atom. The zero-order valence-electron chi connectivity index (χ0n) is 12.7. The van der Waals surface area contributed by atoms with Crippen molar-refractivity contribution in [3.63, 3.8) is 0 Å². The summed E-state index contributed by atoms with van der Waals surface area (Å²) in [5.41, 5.74) is 1.18. The molecule has 1 fully saturated rings. The van der Waals surface area contributed by atoms with Gasteiger partial charge in [-0.15, -0.1) is 11.6 Å². The lowest BCUT2D eigenvalue weighted by Crippen LogP contribution is -2.51. The first-order chi connectivity index (χ1) is 9.87. The molecule has 0 N–H and O–H groups in total. The number of imidazole rings is 1. The predicted octanol–water partition coefficient (Wildman–Crippen LogP) is 4.46. The summed E-state index contributed by atoms with van der Waals surface area (Å²) >= 11 is 6.28. The van der Waals surface area contributed by atoms with Gasteiger partial charge in [0.2, 0.25) is 0 Å². The molecule has 3 rings (SSSR count). The third-order valence-corrected chi connectivity index (χ3v) is 4.97. The van der Waals surface area contributed by atoms with Crippen molar-refractivity contribution in [2.24, 2.45) is 5.41 Å². The molecule has 0 bridgehead atoms. The van der Waals surface area contributed by atoms with Gasteiger partial charge in [-0.25, -0.2) is 9.37 Å². The van der Waals surface area contributed by atoms with E-state index < -0.39 is 0 Å². The van der Waals surface area contributed by atoms with E-state index in [0.29, 0.717) is 5.52 Å². The molecule has 1 aromatic heterocycles. The van der Waals surface area contributed by atoms with Gasteiger partial charge < -0.3 is 9.30 Å². The van der Waals surface area contributed by atoms with Crippen LogP contribution in [0, 0.1) is 11.2 Å². The van der Waals surface area contributed by atoms with Crippen LogP contribution in [0.25, 0.3) is 11.0 Å². The highest BCUT2D eigenvalue weighted by Crippen LogP contribution is 2.53. The Hall–Kier alpha value is -1.13. The van der Waals surface area contributed by atoms with Gasteiger partial charge in [-0.3, -0.25) is 0 Å². The van der Waals surface area contributed by atoms with Crippen LogP contribution in [0.5, 0.6) is 0 Å². The minimum Gasteiger partial charge on any atom is -0.381 e. The molecular weight excluding hydrogens is 291 g/mol. The summed E-state index contributed by atoms with van der Waals surface area (Å²) in [4.78, 5) is 4.45. The van der Waals surface area contributed by atoms with E-state index >= 15 is 0 Å². The molecule has 3 atom stereocenters. The number of alkyl halides is 1. The summed E-state index contributed by atoms with van der Waals surface area (Å²) in [6.07, 6.45) is 1.09. The van der Waals surface area contributed by atoms with Gasteiger partial charge in [-0.1, -0.05) is 19.9 Å². The Balaban J connectivity index is 2.18. The highest BCUT2D eigenvalue weighted by atomic mass is 35.5. The van der Waals surface area contributed by atoms with Crippen LogP contribution in [0.4, 0.5) is 4.39 Å². The molecule has 1 aliphatic rings. The molecule has 1 aliphatic carbocycles. The van der Waals surface area contributed by atoms with E-state index in [4.69, 9.17) is 16.3 Å². The Morgan fingerprint density at radius 2 is 2.19 bits per heavy atom. The summed E-state index contributed by atoms with van der Waals surface area (Å²) in [7, 11) is 1.74. The Morgan fingerprint density at radius 1 is 1.48 bits per heavy atom. The van der Waals surface area contributed by atoms with Crippen LogP contribution in [-0.4, -0.2) is 22.8 Å². The fourth-order valence-electron chi connectivity index (χ4n) is 3.41. The van der Waals surface area contributed by atoms with E-state index in [-0.39, 0.29) is 28.8 Å². The molecule has 0 amide bonds. The van der Waals surface area contributed by atoms with Gasteiger partial charge in [0.1, 0.15) is 11.3 Å². The first kappa shape index (κ1) is 14.8. The topological polar surface area (TPSA) is 27.1 Å². The fraction of sp³-hybridized carbons (Fsp3) is 0.562. The zero-order valence-corrected chi connectivity index (χ0v) is 13.5. The molecule has 0 aliphatic heterocycles. The first-order valence-electron chi connectivity index (χ1n) is 7.21. The van der Waals surface area contributed by atoms with E-state index in [2.05, 4.69) is 23.4 Å². The van der Waals surface area contributed by atoms with Crippen LogP contribution in [0.2, 0.25) is 0 Å². The number of hydrogen-bond acceptors (Lipinski definition) is 2. The van der Waals surface area contributed by atoms with Crippen molar-refractivity contribution in [1.82, 2.24) is 9.55 Å². The normalized spacial score (nSPS) is 25.8. The largest absolute Gasteiger partial charge is 0.381 e. The van der Waals surface area contributed by atoms with Crippen molar-refractivity contribution in [1.29, 1.82) is 0 Å². The molecule has 5 heteroatoms. The highest BCUT2D eigenvalue weighted by molar-refractivity contribution is 6.20. The second-order valence-electron chi connectivity index (χ2n) is 6.36. The summed E-state index contributed by atoms with van der Waals surface area (Å²) in [5.74, 6) is 0.426. The SMILES string of the molecule is COC1CC(n2c(C(C)Cl)nc3c(F)cccc32)C1(C)C. The number of fused-ring (bicyclic) bond motifs is 1. The molecular formula is C16H20ClFN2O. The van der Waals surface area contributed by atoms with Gasteiger partial charge >= 0.3 is 0 Å². The van der Waals surface area contributed by atoms with E-state index in [1.165, 1.54) is 6.07 Å². The maximum absolute atomic E-state index is 14.0. The molecule has 1 heterocycles. The number of nitrogens with zero attached hydrogens (tertiary/aromatic N) is 2. The van der Waals surface area contributed by atoms with Crippen molar-refractivity contribution in [3.8, 4) is 0 Å². The molecule has 0 spiro atoms. The Kier molecular flexibility index (Phi) is 3.49. The molecule has 21 heavy (non-hydrogen) atoms. The summed E-state index contributed by atoms with van der Waals surface area (Å²) < 4.78 is 21.6. The Labute approximate surface area is 129 Å². The lowest BCUT2D eigenvalue weighted by Gasteiger charge is -2.52. The fourth-order valence-corrected chi connectivity index (χ4v) is 3.57. The molecule has 1 saturated carbocycles. The predicted molar refractivity (Wildman–Crippen MR) is 82.2 cm³/mol. The maximum Gasteiger partial charge on any atom is 0.151 e. The van der Waals surface area contributed by atoms with Crippen molar-refractivity contribution >= 4 is 22.6 Å². The molecule has 1 aromatic carbocycles. The lowest BCUT2D eigenvalue weighted by atomic mass is 9.64. The molecule has 3 unspecified atom stereocenters. The number of rotatable bonds is 3. The van der Waals surface area contributed by atoms with Crippen LogP contribution < -0.4 is 0 Å². The summed E-state index contributed by atoms with van der Waals surface area (Å²) in [6, 6.07) is 5.28. The lowest BCUT2D eigenvalue weighted by molar-refractivity contribution is -0.112. The van der Waals surface area contributed by atoms with Crippen LogP contribution >= 0.6 is 11.6 Å². The van der Waals surface area contributed by atoms with Gasteiger partial charge in [0, 0.05) is 18.6 Å². The first-order valence-corrected chi connectivity index (χ1v) is 7.64. The number of aromatic nitrogens is 2. The average Bonchev–Trinajstić information content (AvgIpc) is 2.79. The van der Waals surface area contributed by atoms with E-state index in [0.717, 1.165) is 17.8 Å². The zero-order chi connectivity index (χ0) is 15.4. The van der Waals surface area contributed by atoms with Crippen LogP contribution in [0.15, 0.2) is 18.2 Å². The molecule has 114 valence electrons. The number of halogens is 2. The smallest absolute Gasteiger partial charge is 0.151 e. The number of methoxy groups -OCH3 is 1. The number of benzene rings is 1. The van der Waals surface area contributed by atoms with E-state index in [1.807, 2.05) is 13.0 Å². The van der Waals surface area contributed by atoms with Crippen LogP contribution in [-0.2, 0) is 4.74 Å². The van der Waals surface area contributed by atoms with Crippen molar-refractivity contribution in [2.45, 2.75) is 44.7 Å². The molecule has 2 aromatic rings. The third-order valence-electron chi connectivity index (χ3n) is 4.78. The minimum absolute atomic E-state index is 0.0325. The monoisotopic (exact) mass is 310 g/mol. The van der Waals surface area contributed by atoms with E-state index in [9.17, 15) is 4.39 Å². The van der Waals surface area contributed by atoms with Gasteiger partial charge in [0.15, 0.2) is 5.82 Å². The number of ether oxygens (including phenoxy) is 1. The van der Waals surface area contributed by atoms with Gasteiger partial charge in [-0.05, 0) is 25.5 Å². The number of para-hydroxylation sites is 1. The maximum atomic E-state index is 14.0. The van der Waals surface area contributed by atoms with E-state index in [1.54, 1.807) is 13.2 Å². The third kappa shape index (κ3) is 2.08. The number of hydrogen-bond donors (Lipinski definition) is 0. The summed E-state index contributed by atoms with van der Waals surface area (Å²) in [5, 5.41) is -0.269. The highest BCUT2D eigenvalue weighted by Gasteiger charge is 2.50. The molecule has 0 radical (unpaired) electrons. The Bertz CT molecular complexity index is 680. The van der Waals surface area contributed by atoms with Gasteiger partial charge in [0.05, 0.1) is 17.0 Å². The quantitative estimate of drug-likeness (QED) is 0.783. The van der Waals surface area contributed by atoms with Crippen LogP contribution in [0.3, 0.4) is 0 Å². The van der Waals surface area contributed by atoms with Crippen molar-refractivity contribution < 1.29 is 9.13 Å². The van der Waals surface area contributed by atoms with Gasteiger partial charge in [-0.2, -0.15) is 0 Å². The standard InChI is InChI=1S/C16H20ClFN2O/c1-9(17)15-19-14-10(18)6-5-7-11(14)20(15)12-8-13(21-4)16(12,2)3/h5-7,9,12-13H,8H2,1-4H3. The van der Waals surface area contributed by atoms with Crippen LogP contribution in [0.1, 0.15) is 44.4 Å². The van der Waals surface area contributed by atoms with Crippen molar-refractivity contribution in [2.75, 3.05) is 7.11 Å².